The number of aromatic nitrogens is 3. The van der Waals surface area contributed by atoms with Gasteiger partial charge in [0.05, 0.1) is 10.5 Å². The van der Waals surface area contributed by atoms with Gasteiger partial charge in [-0.2, -0.15) is 0 Å². The highest BCUT2D eigenvalue weighted by Gasteiger charge is 2.24. The summed E-state index contributed by atoms with van der Waals surface area (Å²) in [6.45, 7) is 0.981. The van der Waals surface area contributed by atoms with Crippen molar-refractivity contribution in [2.75, 3.05) is 0 Å². The number of halogens is 1. The van der Waals surface area contributed by atoms with Crippen molar-refractivity contribution in [1.29, 1.82) is 0 Å². The summed E-state index contributed by atoms with van der Waals surface area (Å²) in [4.78, 5) is 0. The highest BCUT2D eigenvalue weighted by molar-refractivity contribution is 6.36. The third kappa shape index (κ3) is 2.14. The molecule has 1 aromatic heterocycles. The highest BCUT2D eigenvalue weighted by Crippen LogP contribution is 2.36. The molecule has 1 fully saturated rings. The predicted molar refractivity (Wildman–Crippen MR) is 81.7 cm³/mol. The third-order valence-electron chi connectivity index (χ3n) is 4.39. The number of rotatable bonds is 3. The molecule has 3 nitrogen and oxygen atoms in total. The van der Waals surface area contributed by atoms with E-state index in [1.807, 2.05) is 4.68 Å². The van der Waals surface area contributed by atoms with E-state index in [4.69, 9.17) is 11.6 Å². The van der Waals surface area contributed by atoms with Gasteiger partial charge in [0.1, 0.15) is 5.52 Å². The molecule has 104 valence electrons. The van der Waals surface area contributed by atoms with Crippen LogP contribution in [-0.2, 0) is 6.54 Å². The molecule has 0 spiro atoms. The summed E-state index contributed by atoms with van der Waals surface area (Å²) in [5.41, 5.74) is 4.45. The van der Waals surface area contributed by atoms with Gasteiger partial charge in [-0.3, -0.25) is 0 Å². The molecule has 4 rings (SSSR count). The van der Waals surface area contributed by atoms with Gasteiger partial charge in [0, 0.05) is 6.54 Å². The van der Waals surface area contributed by atoms with E-state index in [0.29, 0.717) is 0 Å². The molecular formula is C16H18ClN3. The summed E-state index contributed by atoms with van der Waals surface area (Å²) >= 11 is 6.58. The second-order valence-corrected chi connectivity index (χ2v) is 6.36. The van der Waals surface area contributed by atoms with Gasteiger partial charge in [-0.05, 0) is 61.6 Å². The molecule has 1 saturated carbocycles. The van der Waals surface area contributed by atoms with Crippen LogP contribution < -0.4 is 0 Å². The SMILES string of the molecule is Clc1c(C2=CCCCC2)ccc2c1nnn2CC1CC1. The normalized spacial score (nSPS) is 19.4. The Morgan fingerprint density at radius 1 is 1.25 bits per heavy atom. The Balaban J connectivity index is 1.76. The summed E-state index contributed by atoms with van der Waals surface area (Å²) < 4.78 is 2.01. The van der Waals surface area contributed by atoms with Crippen LogP contribution in [0.1, 0.15) is 44.1 Å². The van der Waals surface area contributed by atoms with E-state index in [0.717, 1.165) is 46.9 Å². The molecule has 0 bridgehead atoms. The van der Waals surface area contributed by atoms with Gasteiger partial charge in [-0.25, -0.2) is 4.68 Å². The van der Waals surface area contributed by atoms with Gasteiger partial charge in [0.25, 0.3) is 0 Å². The van der Waals surface area contributed by atoms with Crippen LogP contribution in [-0.4, -0.2) is 15.0 Å². The zero-order valence-electron chi connectivity index (χ0n) is 11.5. The van der Waals surface area contributed by atoms with E-state index in [2.05, 4.69) is 28.5 Å². The van der Waals surface area contributed by atoms with Crippen LogP contribution in [0.4, 0.5) is 0 Å². The number of hydrogen-bond donors (Lipinski definition) is 0. The maximum atomic E-state index is 6.58. The van der Waals surface area contributed by atoms with Crippen molar-refractivity contribution in [3.63, 3.8) is 0 Å². The van der Waals surface area contributed by atoms with Gasteiger partial charge >= 0.3 is 0 Å². The van der Waals surface area contributed by atoms with E-state index in [1.165, 1.54) is 31.3 Å². The lowest BCUT2D eigenvalue weighted by atomic mass is 9.93. The monoisotopic (exact) mass is 287 g/mol. The van der Waals surface area contributed by atoms with Crippen molar-refractivity contribution in [3.05, 3.63) is 28.8 Å². The van der Waals surface area contributed by atoms with Crippen LogP contribution in [0.2, 0.25) is 5.02 Å². The first kappa shape index (κ1) is 12.4. The zero-order chi connectivity index (χ0) is 13.5. The Kier molecular flexibility index (Phi) is 3.03. The number of hydrogen-bond acceptors (Lipinski definition) is 2. The summed E-state index contributed by atoms with van der Waals surface area (Å²) in [5, 5.41) is 9.37. The van der Waals surface area contributed by atoms with E-state index in [9.17, 15) is 0 Å². The quantitative estimate of drug-likeness (QED) is 0.835. The fourth-order valence-corrected chi connectivity index (χ4v) is 3.33. The first-order valence-corrected chi connectivity index (χ1v) is 7.92. The van der Waals surface area contributed by atoms with E-state index >= 15 is 0 Å². The van der Waals surface area contributed by atoms with E-state index in [1.54, 1.807) is 0 Å². The average Bonchev–Trinajstić information content (AvgIpc) is 3.20. The third-order valence-corrected chi connectivity index (χ3v) is 4.77. The second kappa shape index (κ2) is 4.88. The van der Waals surface area contributed by atoms with Crippen molar-refractivity contribution >= 4 is 28.2 Å². The first-order chi connectivity index (χ1) is 9.83. The largest absolute Gasteiger partial charge is 0.244 e. The minimum Gasteiger partial charge on any atom is -0.244 e. The fraction of sp³-hybridized carbons (Fsp3) is 0.500. The summed E-state index contributed by atoms with van der Waals surface area (Å²) in [6, 6.07) is 4.28. The minimum absolute atomic E-state index is 0.776. The lowest BCUT2D eigenvalue weighted by Crippen LogP contribution is -2.01. The van der Waals surface area contributed by atoms with Crippen molar-refractivity contribution in [3.8, 4) is 0 Å². The smallest absolute Gasteiger partial charge is 0.132 e. The maximum Gasteiger partial charge on any atom is 0.132 e. The fourth-order valence-electron chi connectivity index (χ4n) is 3.02. The molecule has 1 heterocycles. The predicted octanol–water partition coefficient (Wildman–Crippen LogP) is 4.45. The van der Waals surface area contributed by atoms with Crippen molar-refractivity contribution in [1.82, 2.24) is 15.0 Å². The summed E-state index contributed by atoms with van der Waals surface area (Å²) in [7, 11) is 0. The standard InChI is InChI=1S/C16H18ClN3/c17-15-13(12-4-2-1-3-5-12)8-9-14-16(15)18-19-20(14)10-11-6-7-11/h4,8-9,11H,1-3,5-7,10H2. The Morgan fingerprint density at radius 2 is 2.15 bits per heavy atom. The molecule has 1 aromatic carbocycles. The number of fused-ring (bicyclic) bond motifs is 1. The van der Waals surface area contributed by atoms with Crippen LogP contribution in [0.15, 0.2) is 18.2 Å². The highest BCUT2D eigenvalue weighted by atomic mass is 35.5. The van der Waals surface area contributed by atoms with Crippen LogP contribution in [0.3, 0.4) is 0 Å². The number of allylic oxidation sites excluding steroid dienone is 2. The molecule has 0 amide bonds. The van der Waals surface area contributed by atoms with Gasteiger partial charge in [0.2, 0.25) is 0 Å². The van der Waals surface area contributed by atoms with Crippen molar-refractivity contribution < 1.29 is 0 Å². The maximum absolute atomic E-state index is 6.58. The molecule has 2 aromatic rings. The van der Waals surface area contributed by atoms with Crippen molar-refractivity contribution in [2.24, 2.45) is 5.92 Å². The van der Waals surface area contributed by atoms with Crippen molar-refractivity contribution in [2.45, 2.75) is 45.1 Å². The molecular weight excluding hydrogens is 270 g/mol. The zero-order valence-corrected chi connectivity index (χ0v) is 12.2. The topological polar surface area (TPSA) is 30.7 Å². The van der Waals surface area contributed by atoms with Crippen LogP contribution >= 0.6 is 11.6 Å². The molecule has 4 heteroatoms. The average molecular weight is 288 g/mol. The van der Waals surface area contributed by atoms with Crippen LogP contribution in [0.5, 0.6) is 0 Å². The minimum atomic E-state index is 0.776. The molecule has 0 atom stereocenters. The van der Waals surface area contributed by atoms with E-state index in [-0.39, 0.29) is 0 Å². The number of nitrogens with zero attached hydrogens (tertiary/aromatic N) is 3. The van der Waals surface area contributed by atoms with Crippen LogP contribution in [0.25, 0.3) is 16.6 Å². The lowest BCUT2D eigenvalue weighted by Gasteiger charge is -2.14. The Hall–Kier alpha value is -1.35. The second-order valence-electron chi connectivity index (χ2n) is 5.98. The molecule has 0 aliphatic heterocycles. The molecule has 2 aliphatic rings. The molecule has 2 aliphatic carbocycles. The number of benzene rings is 1. The molecule has 0 radical (unpaired) electrons. The summed E-state index contributed by atoms with van der Waals surface area (Å²) in [6.07, 6.45) is 9.81. The van der Waals surface area contributed by atoms with Gasteiger partial charge < -0.3 is 0 Å². The van der Waals surface area contributed by atoms with Crippen LogP contribution in [0, 0.1) is 5.92 Å². The Labute approximate surface area is 123 Å². The first-order valence-electron chi connectivity index (χ1n) is 7.54. The van der Waals surface area contributed by atoms with Gasteiger partial charge in [0.15, 0.2) is 0 Å². The molecule has 0 saturated heterocycles. The lowest BCUT2D eigenvalue weighted by molar-refractivity contribution is 0.559. The molecule has 0 N–H and O–H groups in total. The van der Waals surface area contributed by atoms with E-state index < -0.39 is 0 Å². The molecule has 0 unspecified atom stereocenters. The summed E-state index contributed by atoms with van der Waals surface area (Å²) in [5.74, 6) is 0.791. The Morgan fingerprint density at radius 3 is 2.90 bits per heavy atom. The van der Waals surface area contributed by atoms with Gasteiger partial charge in [-0.15, -0.1) is 5.10 Å². The van der Waals surface area contributed by atoms with Gasteiger partial charge in [-0.1, -0.05) is 29.0 Å². The molecule has 20 heavy (non-hydrogen) atoms. The Bertz CT molecular complexity index is 682.